The fraction of sp³-hybridized carbons (Fsp3) is 0.929. The highest BCUT2D eigenvalue weighted by Crippen LogP contribution is 2.10. The van der Waals surface area contributed by atoms with E-state index in [1.54, 1.807) is 7.05 Å². The Balaban J connectivity index is 2.03. The molecule has 0 bridgehead atoms. The highest BCUT2D eigenvalue weighted by Gasteiger charge is 2.19. The maximum absolute atomic E-state index is 11.3. The van der Waals surface area contributed by atoms with Crippen molar-refractivity contribution in [1.29, 1.82) is 0 Å². The van der Waals surface area contributed by atoms with Crippen molar-refractivity contribution in [2.45, 2.75) is 51.5 Å². The Hall–Kier alpha value is -0.610. The van der Waals surface area contributed by atoms with Crippen LogP contribution in [0.3, 0.4) is 0 Å². The van der Waals surface area contributed by atoms with Gasteiger partial charge in [0.2, 0.25) is 5.91 Å². The van der Waals surface area contributed by atoms with Crippen LogP contribution in [0.1, 0.15) is 45.4 Å². The fourth-order valence-corrected chi connectivity index (χ4v) is 2.44. The van der Waals surface area contributed by atoms with Crippen LogP contribution >= 0.6 is 0 Å². The topological polar surface area (TPSA) is 44.4 Å². The molecule has 0 aromatic rings. The molecule has 1 heterocycles. The molecule has 4 nitrogen and oxygen atoms in total. The number of carbonyl (C=O) groups excluding carboxylic acids is 1. The first-order valence-electron chi connectivity index (χ1n) is 7.42. The van der Waals surface area contributed by atoms with Gasteiger partial charge in [0.25, 0.3) is 0 Å². The molecule has 0 saturated carbocycles. The van der Waals surface area contributed by atoms with Gasteiger partial charge >= 0.3 is 0 Å². The number of hydrogen-bond donors (Lipinski definition) is 2. The Morgan fingerprint density at radius 1 is 1.22 bits per heavy atom. The molecule has 106 valence electrons. The molecule has 0 aromatic heterocycles. The number of unbranched alkanes of at least 4 members (excludes halogenated alkanes) is 3. The van der Waals surface area contributed by atoms with Crippen molar-refractivity contribution in [2.75, 3.05) is 33.2 Å². The Morgan fingerprint density at radius 2 is 1.94 bits per heavy atom. The lowest BCUT2D eigenvalue weighted by atomic mass is 10.0. The second-order valence-corrected chi connectivity index (χ2v) is 5.24. The number of nitrogens with one attached hydrogen (secondary N) is 2. The van der Waals surface area contributed by atoms with Gasteiger partial charge in [-0.25, -0.2) is 0 Å². The number of nitrogens with zero attached hydrogens (tertiary/aromatic N) is 1. The molecule has 18 heavy (non-hydrogen) atoms. The van der Waals surface area contributed by atoms with E-state index in [4.69, 9.17) is 0 Å². The van der Waals surface area contributed by atoms with E-state index in [1.807, 2.05) is 0 Å². The summed E-state index contributed by atoms with van der Waals surface area (Å²) in [4.78, 5) is 13.5. The lowest BCUT2D eigenvalue weighted by Gasteiger charge is -2.31. The summed E-state index contributed by atoms with van der Waals surface area (Å²) >= 11 is 0. The Bertz CT molecular complexity index is 225. The number of hydrogen-bond acceptors (Lipinski definition) is 3. The predicted octanol–water partition coefficient (Wildman–Crippen LogP) is 1.37. The van der Waals surface area contributed by atoms with Gasteiger partial charge in [-0.2, -0.15) is 0 Å². The monoisotopic (exact) mass is 255 g/mol. The number of likely N-dealkylation sites (tertiary alicyclic amines) is 1. The molecule has 0 atom stereocenters. The average Bonchev–Trinajstić information content (AvgIpc) is 2.40. The summed E-state index contributed by atoms with van der Waals surface area (Å²) < 4.78 is 0. The maximum Gasteiger partial charge on any atom is 0.233 e. The Kier molecular flexibility index (Phi) is 8.01. The van der Waals surface area contributed by atoms with E-state index in [0.29, 0.717) is 12.6 Å². The number of piperidine rings is 1. The smallest absolute Gasteiger partial charge is 0.233 e. The Labute approximate surface area is 111 Å². The standard InChI is InChI=1S/C14H29N3O/c1-3-4-5-6-9-16-13-7-10-17(11-8-13)12-14(18)15-2/h13,16H,3-12H2,1-2H3,(H,15,18). The summed E-state index contributed by atoms with van der Waals surface area (Å²) in [5.74, 6) is 0.126. The highest BCUT2D eigenvalue weighted by molar-refractivity contribution is 5.77. The molecule has 1 saturated heterocycles. The van der Waals surface area contributed by atoms with Crippen molar-refractivity contribution in [1.82, 2.24) is 15.5 Å². The molecular weight excluding hydrogens is 226 g/mol. The van der Waals surface area contributed by atoms with E-state index < -0.39 is 0 Å². The zero-order chi connectivity index (χ0) is 13.2. The lowest BCUT2D eigenvalue weighted by Crippen LogP contribution is -2.45. The summed E-state index contributed by atoms with van der Waals surface area (Å²) in [6.07, 6.45) is 7.64. The van der Waals surface area contributed by atoms with Crippen molar-refractivity contribution in [3.8, 4) is 0 Å². The summed E-state index contributed by atoms with van der Waals surface area (Å²) in [5, 5.41) is 6.32. The SMILES string of the molecule is CCCCCCNC1CCN(CC(=O)NC)CC1. The number of amides is 1. The van der Waals surface area contributed by atoms with Crippen LogP contribution in [0.25, 0.3) is 0 Å². The normalized spacial score (nSPS) is 17.9. The molecule has 1 aliphatic rings. The third-order valence-corrected chi connectivity index (χ3v) is 3.70. The molecule has 0 radical (unpaired) electrons. The van der Waals surface area contributed by atoms with Gasteiger partial charge in [0, 0.05) is 26.2 Å². The maximum atomic E-state index is 11.3. The van der Waals surface area contributed by atoms with Crippen molar-refractivity contribution in [3.63, 3.8) is 0 Å². The molecule has 4 heteroatoms. The van der Waals surface area contributed by atoms with Crippen LogP contribution in [-0.4, -0.2) is 50.1 Å². The Morgan fingerprint density at radius 3 is 2.56 bits per heavy atom. The van der Waals surface area contributed by atoms with Crippen LogP contribution in [-0.2, 0) is 4.79 Å². The zero-order valence-electron chi connectivity index (χ0n) is 12.0. The molecule has 1 fully saturated rings. The summed E-state index contributed by atoms with van der Waals surface area (Å²) in [7, 11) is 1.70. The second-order valence-electron chi connectivity index (χ2n) is 5.24. The molecule has 1 amide bonds. The van der Waals surface area contributed by atoms with Gasteiger partial charge < -0.3 is 10.6 Å². The van der Waals surface area contributed by atoms with Crippen molar-refractivity contribution >= 4 is 5.91 Å². The number of carbonyl (C=O) groups is 1. The molecule has 2 N–H and O–H groups in total. The first-order chi connectivity index (χ1) is 8.76. The molecule has 0 unspecified atom stereocenters. The summed E-state index contributed by atoms with van der Waals surface area (Å²) in [5.41, 5.74) is 0. The number of rotatable bonds is 8. The predicted molar refractivity (Wildman–Crippen MR) is 75.7 cm³/mol. The minimum absolute atomic E-state index is 0.126. The summed E-state index contributed by atoms with van der Waals surface area (Å²) in [6.45, 7) is 6.04. The van der Waals surface area contributed by atoms with E-state index in [-0.39, 0.29) is 5.91 Å². The fourth-order valence-electron chi connectivity index (χ4n) is 2.44. The molecule has 1 aliphatic heterocycles. The van der Waals surface area contributed by atoms with E-state index in [0.717, 1.165) is 19.6 Å². The van der Waals surface area contributed by atoms with Crippen molar-refractivity contribution in [2.24, 2.45) is 0 Å². The quantitative estimate of drug-likeness (QED) is 0.644. The van der Waals surface area contributed by atoms with E-state index in [1.165, 1.54) is 38.5 Å². The largest absolute Gasteiger partial charge is 0.358 e. The van der Waals surface area contributed by atoms with Gasteiger partial charge in [0.15, 0.2) is 0 Å². The first kappa shape index (κ1) is 15.4. The zero-order valence-corrected chi connectivity index (χ0v) is 12.0. The van der Waals surface area contributed by atoms with Crippen molar-refractivity contribution < 1.29 is 4.79 Å². The van der Waals surface area contributed by atoms with E-state index in [9.17, 15) is 4.79 Å². The minimum atomic E-state index is 0.126. The molecular formula is C14H29N3O. The number of likely N-dealkylation sites (N-methyl/N-ethyl adjacent to an activating group) is 1. The highest BCUT2D eigenvalue weighted by atomic mass is 16.1. The van der Waals surface area contributed by atoms with Gasteiger partial charge in [-0.1, -0.05) is 26.2 Å². The van der Waals surface area contributed by atoms with Gasteiger partial charge in [0.05, 0.1) is 6.54 Å². The van der Waals surface area contributed by atoms with E-state index in [2.05, 4.69) is 22.5 Å². The first-order valence-corrected chi connectivity index (χ1v) is 7.42. The van der Waals surface area contributed by atoms with Gasteiger partial charge in [-0.15, -0.1) is 0 Å². The van der Waals surface area contributed by atoms with Crippen LogP contribution in [0, 0.1) is 0 Å². The van der Waals surface area contributed by atoms with Gasteiger partial charge in [-0.05, 0) is 25.8 Å². The van der Waals surface area contributed by atoms with Crippen LogP contribution in [0.4, 0.5) is 0 Å². The molecule has 1 rings (SSSR count). The van der Waals surface area contributed by atoms with Crippen LogP contribution < -0.4 is 10.6 Å². The molecule has 0 aliphatic carbocycles. The van der Waals surface area contributed by atoms with Gasteiger partial charge in [-0.3, -0.25) is 9.69 Å². The third kappa shape index (κ3) is 6.36. The third-order valence-electron chi connectivity index (χ3n) is 3.70. The average molecular weight is 255 g/mol. The second kappa shape index (κ2) is 9.34. The lowest BCUT2D eigenvalue weighted by molar-refractivity contribution is -0.122. The van der Waals surface area contributed by atoms with E-state index >= 15 is 0 Å². The van der Waals surface area contributed by atoms with Crippen LogP contribution in [0.2, 0.25) is 0 Å². The van der Waals surface area contributed by atoms with Crippen LogP contribution in [0.5, 0.6) is 0 Å². The summed E-state index contributed by atoms with van der Waals surface area (Å²) in [6, 6.07) is 0.660. The van der Waals surface area contributed by atoms with Crippen molar-refractivity contribution in [3.05, 3.63) is 0 Å². The minimum Gasteiger partial charge on any atom is -0.358 e. The molecule has 0 aromatic carbocycles. The van der Waals surface area contributed by atoms with Crippen LogP contribution in [0.15, 0.2) is 0 Å². The van der Waals surface area contributed by atoms with Gasteiger partial charge in [0.1, 0.15) is 0 Å². The molecule has 0 spiro atoms.